The van der Waals surface area contributed by atoms with E-state index in [1.54, 1.807) is 24.3 Å². The molecule has 2 N–H and O–H groups in total. The van der Waals surface area contributed by atoms with E-state index in [0.717, 1.165) is 6.42 Å². The summed E-state index contributed by atoms with van der Waals surface area (Å²) in [5.74, 6) is 0.380. The number of hydrogen-bond acceptors (Lipinski definition) is 5. The summed E-state index contributed by atoms with van der Waals surface area (Å²) in [6, 6.07) is 8.15. The number of amides is 2. The van der Waals surface area contributed by atoms with Gasteiger partial charge >= 0.3 is 0 Å². The van der Waals surface area contributed by atoms with Crippen LogP contribution in [-0.2, 0) is 0 Å². The van der Waals surface area contributed by atoms with E-state index in [-0.39, 0.29) is 17.6 Å². The van der Waals surface area contributed by atoms with Crippen LogP contribution in [-0.4, -0.2) is 37.1 Å². The van der Waals surface area contributed by atoms with Gasteiger partial charge in [0.15, 0.2) is 0 Å². The number of hydrogen-bond donors (Lipinski definition) is 2. The first-order chi connectivity index (χ1) is 12.5. The number of methoxy groups -OCH3 is 2. The van der Waals surface area contributed by atoms with E-state index in [0.29, 0.717) is 22.7 Å². The van der Waals surface area contributed by atoms with Gasteiger partial charge < -0.3 is 20.1 Å². The summed E-state index contributed by atoms with van der Waals surface area (Å²) in [6.07, 6.45) is 2.25. The number of ether oxygens (including phenoxy) is 2. The van der Waals surface area contributed by atoms with E-state index in [4.69, 9.17) is 9.47 Å². The molecule has 0 aliphatic carbocycles. The Hall–Kier alpha value is -3.09. The monoisotopic (exact) mass is 357 g/mol. The second-order valence-electron chi connectivity index (χ2n) is 5.73. The molecule has 7 heteroatoms. The van der Waals surface area contributed by atoms with Crippen LogP contribution in [0, 0.1) is 0 Å². The third-order valence-electron chi connectivity index (χ3n) is 3.90. The maximum absolute atomic E-state index is 12.5. The largest absolute Gasteiger partial charge is 0.497 e. The van der Waals surface area contributed by atoms with E-state index in [1.165, 1.54) is 26.5 Å². The molecule has 0 fully saturated rings. The van der Waals surface area contributed by atoms with Crippen molar-refractivity contribution in [1.29, 1.82) is 0 Å². The van der Waals surface area contributed by atoms with Crippen molar-refractivity contribution in [1.82, 2.24) is 10.3 Å². The van der Waals surface area contributed by atoms with Crippen LogP contribution in [0.15, 0.2) is 36.5 Å². The standard InChI is InChI=1S/C19H23N3O4/c1-5-12(2)21-18(23)13-8-9-20-16(10-13)19(24)22-15-11-14(25-3)6-7-17(15)26-4/h6-12H,5H2,1-4H3,(H,21,23)(H,22,24). The zero-order chi connectivity index (χ0) is 19.1. The summed E-state index contributed by atoms with van der Waals surface area (Å²) in [5.41, 5.74) is 0.961. The van der Waals surface area contributed by atoms with Gasteiger partial charge in [0, 0.05) is 23.9 Å². The first-order valence-electron chi connectivity index (χ1n) is 8.28. The van der Waals surface area contributed by atoms with Crippen LogP contribution in [0.1, 0.15) is 41.1 Å². The fourth-order valence-corrected chi connectivity index (χ4v) is 2.20. The summed E-state index contributed by atoms with van der Waals surface area (Å²) in [4.78, 5) is 28.8. The molecular formula is C19H23N3O4. The molecule has 0 aliphatic rings. The molecule has 0 radical (unpaired) electrons. The van der Waals surface area contributed by atoms with Gasteiger partial charge in [0.2, 0.25) is 0 Å². The van der Waals surface area contributed by atoms with Crippen molar-refractivity contribution >= 4 is 17.5 Å². The van der Waals surface area contributed by atoms with Gasteiger partial charge in [0.05, 0.1) is 19.9 Å². The average Bonchev–Trinajstić information content (AvgIpc) is 2.67. The Morgan fingerprint density at radius 1 is 1.12 bits per heavy atom. The molecule has 0 aliphatic heterocycles. The Morgan fingerprint density at radius 2 is 1.88 bits per heavy atom. The van der Waals surface area contributed by atoms with Crippen molar-refractivity contribution in [3.05, 3.63) is 47.8 Å². The first kappa shape index (κ1) is 19.2. The normalized spacial score (nSPS) is 11.4. The molecule has 138 valence electrons. The van der Waals surface area contributed by atoms with E-state index in [1.807, 2.05) is 13.8 Å². The summed E-state index contributed by atoms with van der Waals surface area (Å²) >= 11 is 0. The molecule has 1 unspecified atom stereocenters. The molecule has 2 amide bonds. The maximum Gasteiger partial charge on any atom is 0.274 e. The van der Waals surface area contributed by atoms with Crippen molar-refractivity contribution in [2.75, 3.05) is 19.5 Å². The second kappa shape index (κ2) is 8.84. The van der Waals surface area contributed by atoms with Gasteiger partial charge in [-0.2, -0.15) is 0 Å². The average molecular weight is 357 g/mol. The zero-order valence-corrected chi connectivity index (χ0v) is 15.3. The highest BCUT2D eigenvalue weighted by Gasteiger charge is 2.15. The van der Waals surface area contributed by atoms with Gasteiger partial charge in [-0.05, 0) is 37.6 Å². The Morgan fingerprint density at radius 3 is 2.54 bits per heavy atom. The predicted octanol–water partition coefficient (Wildman–Crippen LogP) is 2.88. The number of carbonyl (C=O) groups excluding carboxylic acids is 2. The number of aromatic nitrogens is 1. The van der Waals surface area contributed by atoms with E-state index in [2.05, 4.69) is 15.6 Å². The summed E-state index contributed by atoms with van der Waals surface area (Å²) in [7, 11) is 3.05. The Kier molecular flexibility index (Phi) is 6.54. The SMILES string of the molecule is CCC(C)NC(=O)c1ccnc(C(=O)Nc2cc(OC)ccc2OC)c1. The molecule has 2 rings (SSSR count). The molecule has 2 aromatic rings. The van der Waals surface area contributed by atoms with Crippen LogP contribution in [0.5, 0.6) is 11.5 Å². The van der Waals surface area contributed by atoms with Crippen LogP contribution in [0.2, 0.25) is 0 Å². The highest BCUT2D eigenvalue weighted by molar-refractivity contribution is 6.05. The lowest BCUT2D eigenvalue weighted by molar-refractivity contribution is 0.0939. The highest BCUT2D eigenvalue weighted by Crippen LogP contribution is 2.29. The predicted molar refractivity (Wildman–Crippen MR) is 99.0 cm³/mol. The third kappa shape index (κ3) is 4.72. The fourth-order valence-electron chi connectivity index (χ4n) is 2.20. The molecule has 0 saturated heterocycles. The smallest absolute Gasteiger partial charge is 0.274 e. The number of nitrogens with one attached hydrogen (secondary N) is 2. The third-order valence-corrected chi connectivity index (χ3v) is 3.90. The van der Waals surface area contributed by atoms with Gasteiger partial charge in [-0.3, -0.25) is 14.6 Å². The lowest BCUT2D eigenvalue weighted by atomic mass is 10.1. The Labute approximate surface area is 152 Å². The topological polar surface area (TPSA) is 89.6 Å². The number of pyridine rings is 1. The molecule has 1 aromatic carbocycles. The van der Waals surface area contributed by atoms with Gasteiger partial charge in [0.25, 0.3) is 11.8 Å². The van der Waals surface area contributed by atoms with Crippen molar-refractivity contribution in [2.24, 2.45) is 0 Å². The van der Waals surface area contributed by atoms with Crippen LogP contribution in [0.3, 0.4) is 0 Å². The molecule has 26 heavy (non-hydrogen) atoms. The van der Waals surface area contributed by atoms with Gasteiger partial charge in [-0.1, -0.05) is 6.92 Å². The number of anilines is 1. The van der Waals surface area contributed by atoms with Crippen molar-refractivity contribution in [3.8, 4) is 11.5 Å². The fraction of sp³-hybridized carbons (Fsp3) is 0.316. The minimum Gasteiger partial charge on any atom is -0.497 e. The molecule has 0 spiro atoms. The van der Waals surface area contributed by atoms with Crippen molar-refractivity contribution < 1.29 is 19.1 Å². The minimum atomic E-state index is -0.449. The number of nitrogens with zero attached hydrogens (tertiary/aromatic N) is 1. The number of carbonyl (C=O) groups is 2. The van der Waals surface area contributed by atoms with Crippen molar-refractivity contribution in [2.45, 2.75) is 26.3 Å². The van der Waals surface area contributed by atoms with E-state index in [9.17, 15) is 9.59 Å². The maximum atomic E-state index is 12.5. The number of rotatable bonds is 7. The van der Waals surface area contributed by atoms with Crippen LogP contribution in [0.4, 0.5) is 5.69 Å². The zero-order valence-electron chi connectivity index (χ0n) is 15.3. The van der Waals surface area contributed by atoms with Crippen LogP contribution >= 0.6 is 0 Å². The highest BCUT2D eigenvalue weighted by atomic mass is 16.5. The quantitative estimate of drug-likeness (QED) is 0.795. The second-order valence-corrected chi connectivity index (χ2v) is 5.73. The molecular weight excluding hydrogens is 334 g/mol. The molecule has 7 nitrogen and oxygen atoms in total. The molecule has 0 saturated carbocycles. The van der Waals surface area contributed by atoms with Gasteiger partial charge in [-0.25, -0.2) is 0 Å². The number of benzene rings is 1. The molecule has 1 aromatic heterocycles. The summed E-state index contributed by atoms with van der Waals surface area (Å²) in [6.45, 7) is 3.90. The lowest BCUT2D eigenvalue weighted by Crippen LogP contribution is -2.32. The molecule has 0 bridgehead atoms. The summed E-state index contributed by atoms with van der Waals surface area (Å²) < 4.78 is 10.4. The van der Waals surface area contributed by atoms with Crippen LogP contribution in [0.25, 0.3) is 0 Å². The van der Waals surface area contributed by atoms with Gasteiger partial charge in [0.1, 0.15) is 17.2 Å². The molecule has 1 heterocycles. The lowest BCUT2D eigenvalue weighted by Gasteiger charge is -2.13. The Bertz CT molecular complexity index is 792. The van der Waals surface area contributed by atoms with Gasteiger partial charge in [-0.15, -0.1) is 0 Å². The van der Waals surface area contributed by atoms with E-state index < -0.39 is 5.91 Å². The Balaban J connectivity index is 2.20. The first-order valence-corrected chi connectivity index (χ1v) is 8.28. The van der Waals surface area contributed by atoms with E-state index >= 15 is 0 Å². The molecule has 1 atom stereocenters. The minimum absolute atomic E-state index is 0.0500. The van der Waals surface area contributed by atoms with Crippen LogP contribution < -0.4 is 20.1 Å². The summed E-state index contributed by atoms with van der Waals surface area (Å²) in [5, 5.41) is 5.59. The van der Waals surface area contributed by atoms with Crippen molar-refractivity contribution in [3.63, 3.8) is 0 Å².